The average Bonchev–Trinajstić information content (AvgIpc) is 2.28. The Morgan fingerprint density at radius 1 is 1.41 bits per heavy atom. The molecule has 0 spiro atoms. The van der Waals surface area contributed by atoms with Gasteiger partial charge in [0.2, 0.25) is 0 Å². The largest absolute Gasteiger partial charge is 0.399 e. The van der Waals surface area contributed by atoms with Gasteiger partial charge < -0.3 is 5.73 Å². The molecule has 94 valence electrons. The Bertz CT molecular complexity index is 382. The number of hydrogen-bond acceptors (Lipinski definition) is 1. The molecule has 17 heavy (non-hydrogen) atoms. The van der Waals surface area contributed by atoms with Gasteiger partial charge in [-0.25, -0.2) is 4.39 Å². The highest BCUT2D eigenvalue weighted by atomic mass is 31.0. The van der Waals surface area contributed by atoms with Crippen LogP contribution >= 0.6 is 9.24 Å². The Kier molecular flexibility index (Phi) is 3.73. The van der Waals surface area contributed by atoms with Gasteiger partial charge in [-0.05, 0) is 55.2 Å². The fourth-order valence-corrected chi connectivity index (χ4v) is 3.07. The van der Waals surface area contributed by atoms with Crippen LogP contribution in [-0.2, 0) is 0 Å². The van der Waals surface area contributed by atoms with Crippen molar-refractivity contribution in [1.29, 1.82) is 0 Å². The molecule has 0 saturated heterocycles. The van der Waals surface area contributed by atoms with Crippen LogP contribution in [0.25, 0.3) is 0 Å². The van der Waals surface area contributed by atoms with Crippen LogP contribution in [0.15, 0.2) is 24.3 Å². The third-order valence-corrected chi connectivity index (χ3v) is 4.58. The van der Waals surface area contributed by atoms with Gasteiger partial charge in [0, 0.05) is 5.69 Å². The molecule has 1 aliphatic carbocycles. The molecular formula is C14H21FNP. The van der Waals surface area contributed by atoms with E-state index in [-0.39, 0.29) is 0 Å². The Morgan fingerprint density at radius 3 is 2.65 bits per heavy atom. The van der Waals surface area contributed by atoms with Gasteiger partial charge >= 0.3 is 0 Å². The summed E-state index contributed by atoms with van der Waals surface area (Å²) in [5.41, 5.74) is 7.90. The predicted molar refractivity (Wildman–Crippen MR) is 74.8 cm³/mol. The van der Waals surface area contributed by atoms with E-state index in [1.54, 1.807) is 0 Å². The second-order valence-corrected chi connectivity index (χ2v) is 6.37. The summed E-state index contributed by atoms with van der Waals surface area (Å²) in [5, 5.41) is -1.02. The SMILES string of the molecule is CC(c1cccc(N)c1)C1CCC(F)(P)CC1. The number of alkyl halides is 1. The van der Waals surface area contributed by atoms with Crippen LogP contribution in [0, 0.1) is 5.92 Å². The Labute approximate surface area is 105 Å². The molecule has 1 saturated carbocycles. The van der Waals surface area contributed by atoms with E-state index in [1.807, 2.05) is 18.2 Å². The van der Waals surface area contributed by atoms with Crippen LogP contribution in [0.2, 0.25) is 0 Å². The summed E-state index contributed by atoms with van der Waals surface area (Å²) in [6, 6.07) is 8.08. The van der Waals surface area contributed by atoms with Crippen molar-refractivity contribution in [2.45, 2.75) is 43.9 Å². The molecule has 1 aromatic carbocycles. The Balaban J connectivity index is 2.04. The van der Waals surface area contributed by atoms with E-state index >= 15 is 0 Å². The van der Waals surface area contributed by atoms with Crippen molar-refractivity contribution in [2.24, 2.45) is 5.92 Å². The second kappa shape index (κ2) is 4.94. The number of nitrogens with two attached hydrogens (primary N) is 1. The number of anilines is 1. The molecule has 2 rings (SSSR count). The molecular weight excluding hydrogens is 232 g/mol. The minimum absolute atomic E-state index is 0.472. The van der Waals surface area contributed by atoms with E-state index in [9.17, 15) is 4.39 Å². The summed E-state index contributed by atoms with van der Waals surface area (Å²) >= 11 is 0. The highest BCUT2D eigenvalue weighted by Crippen LogP contribution is 2.44. The van der Waals surface area contributed by atoms with Gasteiger partial charge in [-0.2, -0.15) is 0 Å². The average molecular weight is 253 g/mol. The van der Waals surface area contributed by atoms with E-state index < -0.39 is 5.41 Å². The van der Waals surface area contributed by atoms with Crippen LogP contribution in [0.5, 0.6) is 0 Å². The van der Waals surface area contributed by atoms with E-state index in [4.69, 9.17) is 5.73 Å². The number of hydrogen-bond donors (Lipinski definition) is 1. The lowest BCUT2D eigenvalue weighted by molar-refractivity contribution is 0.163. The fraction of sp³-hybridized carbons (Fsp3) is 0.571. The van der Waals surface area contributed by atoms with Crippen LogP contribution in [0.4, 0.5) is 10.1 Å². The first-order chi connectivity index (χ1) is 7.98. The molecule has 1 nitrogen and oxygen atoms in total. The van der Waals surface area contributed by atoms with Crippen molar-refractivity contribution in [3.63, 3.8) is 0 Å². The zero-order valence-electron chi connectivity index (χ0n) is 10.3. The second-order valence-electron chi connectivity index (χ2n) is 5.33. The van der Waals surface area contributed by atoms with E-state index in [0.717, 1.165) is 18.5 Å². The van der Waals surface area contributed by atoms with E-state index in [0.29, 0.717) is 24.7 Å². The molecule has 0 radical (unpaired) electrons. The van der Waals surface area contributed by atoms with Gasteiger partial charge in [-0.15, -0.1) is 0 Å². The van der Waals surface area contributed by atoms with Crippen LogP contribution < -0.4 is 5.73 Å². The number of halogens is 1. The summed E-state index contributed by atoms with van der Waals surface area (Å²) in [6.07, 6.45) is 3.26. The van der Waals surface area contributed by atoms with Gasteiger partial charge in [-0.3, -0.25) is 0 Å². The third kappa shape index (κ3) is 3.19. The van der Waals surface area contributed by atoms with Crippen molar-refractivity contribution < 1.29 is 4.39 Å². The molecule has 1 aliphatic rings. The molecule has 1 fully saturated rings. The zero-order valence-corrected chi connectivity index (χ0v) is 11.5. The maximum absolute atomic E-state index is 13.7. The molecule has 0 amide bonds. The van der Waals surface area contributed by atoms with Crippen LogP contribution in [-0.4, -0.2) is 5.41 Å². The fourth-order valence-electron chi connectivity index (χ4n) is 2.73. The van der Waals surface area contributed by atoms with Crippen molar-refractivity contribution in [3.05, 3.63) is 29.8 Å². The smallest absolute Gasteiger partial charge is 0.123 e. The van der Waals surface area contributed by atoms with Crippen molar-refractivity contribution in [1.82, 2.24) is 0 Å². The normalized spacial score (nSPS) is 31.1. The lowest BCUT2D eigenvalue weighted by atomic mass is 9.77. The summed E-state index contributed by atoms with van der Waals surface area (Å²) < 4.78 is 13.7. The number of nitrogen functional groups attached to an aromatic ring is 1. The Morgan fingerprint density at radius 2 is 2.06 bits per heavy atom. The van der Waals surface area contributed by atoms with E-state index in [1.165, 1.54) is 5.56 Å². The first kappa shape index (κ1) is 12.8. The molecule has 1 aromatic rings. The Hall–Kier alpha value is -0.620. The quantitative estimate of drug-likeness (QED) is 0.623. The highest BCUT2D eigenvalue weighted by molar-refractivity contribution is 7.18. The van der Waals surface area contributed by atoms with Crippen molar-refractivity contribution in [2.75, 3.05) is 5.73 Å². The summed E-state index contributed by atoms with van der Waals surface area (Å²) in [7, 11) is 2.36. The van der Waals surface area contributed by atoms with Gasteiger partial charge in [0.1, 0.15) is 5.41 Å². The lowest BCUT2D eigenvalue weighted by Crippen LogP contribution is -2.25. The summed E-state index contributed by atoms with van der Waals surface area (Å²) in [6.45, 7) is 2.23. The van der Waals surface area contributed by atoms with Gasteiger partial charge in [0.05, 0.1) is 0 Å². The number of benzene rings is 1. The molecule has 2 unspecified atom stereocenters. The van der Waals surface area contributed by atoms with Gasteiger partial charge in [0.25, 0.3) is 0 Å². The molecule has 0 heterocycles. The lowest BCUT2D eigenvalue weighted by Gasteiger charge is -2.34. The highest BCUT2D eigenvalue weighted by Gasteiger charge is 2.33. The van der Waals surface area contributed by atoms with Crippen molar-refractivity contribution in [3.8, 4) is 0 Å². The third-order valence-electron chi connectivity index (χ3n) is 4.01. The van der Waals surface area contributed by atoms with Crippen LogP contribution in [0.3, 0.4) is 0 Å². The van der Waals surface area contributed by atoms with Crippen LogP contribution in [0.1, 0.15) is 44.1 Å². The molecule has 2 atom stereocenters. The minimum Gasteiger partial charge on any atom is -0.399 e. The monoisotopic (exact) mass is 253 g/mol. The first-order valence-corrected chi connectivity index (χ1v) is 6.89. The summed E-state index contributed by atoms with van der Waals surface area (Å²) in [5.74, 6) is 1.06. The van der Waals surface area contributed by atoms with E-state index in [2.05, 4.69) is 22.2 Å². The topological polar surface area (TPSA) is 26.0 Å². The maximum atomic E-state index is 13.7. The molecule has 3 heteroatoms. The molecule has 0 aromatic heterocycles. The standard InChI is InChI=1S/C14H21FNP/c1-10(12-3-2-4-13(16)9-12)11-5-7-14(15,17)8-6-11/h2-4,9-11H,5-8,16-17H2,1H3. The van der Waals surface area contributed by atoms with Crippen molar-refractivity contribution >= 4 is 14.9 Å². The predicted octanol–water partition coefficient (Wildman–Crippen LogP) is 4.10. The minimum atomic E-state index is -1.02. The molecule has 2 N–H and O–H groups in total. The molecule has 0 aliphatic heterocycles. The summed E-state index contributed by atoms with van der Waals surface area (Å²) in [4.78, 5) is 0. The number of rotatable bonds is 2. The zero-order chi connectivity index (χ0) is 12.5. The first-order valence-electron chi connectivity index (χ1n) is 6.31. The molecule has 0 bridgehead atoms. The van der Waals surface area contributed by atoms with Gasteiger partial charge in [0.15, 0.2) is 0 Å². The maximum Gasteiger partial charge on any atom is 0.123 e. The van der Waals surface area contributed by atoms with Gasteiger partial charge in [-0.1, -0.05) is 28.3 Å².